The van der Waals surface area contributed by atoms with E-state index in [1.54, 1.807) is 6.07 Å². The van der Waals surface area contributed by atoms with Crippen molar-refractivity contribution < 1.29 is 28.8 Å². The van der Waals surface area contributed by atoms with Gasteiger partial charge in [0.25, 0.3) is 11.5 Å². The third kappa shape index (κ3) is 3.67. The number of halogens is 3. The molecule has 3 rings (SSSR count). The number of ether oxygens (including phenoxy) is 1. The number of benzene rings is 1. The average molecular weight is 463 g/mol. The van der Waals surface area contributed by atoms with Crippen LogP contribution in [0.25, 0.3) is 0 Å². The lowest BCUT2D eigenvalue weighted by Gasteiger charge is -2.22. The molecule has 0 aliphatic carbocycles. The molecule has 0 radical (unpaired) electrons. The SMILES string of the molecule is O=c1c(Br)cn([C@@H]2O[C@H](CO)[C@H](O)[C@@H]2O)c(=O)n1CC(F)(F)c1ccccc1. The van der Waals surface area contributed by atoms with Gasteiger partial charge in [-0.2, -0.15) is 8.78 Å². The quantitative estimate of drug-likeness (QED) is 0.583. The van der Waals surface area contributed by atoms with Crippen LogP contribution in [-0.4, -0.2) is 49.4 Å². The summed E-state index contributed by atoms with van der Waals surface area (Å²) in [7, 11) is 0. The van der Waals surface area contributed by atoms with Gasteiger partial charge in [-0.05, 0) is 15.9 Å². The van der Waals surface area contributed by atoms with Crippen molar-refractivity contribution in [2.24, 2.45) is 0 Å². The zero-order chi connectivity index (χ0) is 20.6. The van der Waals surface area contributed by atoms with Crippen LogP contribution in [0.5, 0.6) is 0 Å². The van der Waals surface area contributed by atoms with E-state index in [1.165, 1.54) is 24.3 Å². The van der Waals surface area contributed by atoms with Crippen LogP contribution >= 0.6 is 15.9 Å². The molecule has 0 spiro atoms. The highest BCUT2D eigenvalue weighted by molar-refractivity contribution is 9.10. The molecule has 1 aromatic carbocycles. The smallest absolute Gasteiger partial charge is 0.333 e. The van der Waals surface area contributed by atoms with Gasteiger partial charge in [-0.1, -0.05) is 30.3 Å². The van der Waals surface area contributed by atoms with Crippen LogP contribution in [0.2, 0.25) is 0 Å². The highest BCUT2D eigenvalue weighted by Gasteiger charge is 2.44. The van der Waals surface area contributed by atoms with Crippen LogP contribution in [-0.2, 0) is 17.2 Å². The summed E-state index contributed by atoms with van der Waals surface area (Å²) < 4.78 is 35.3. The number of rotatable bonds is 5. The Balaban J connectivity index is 2.04. The molecule has 1 aliphatic rings. The monoisotopic (exact) mass is 462 g/mol. The second-order valence-electron chi connectivity index (χ2n) is 6.36. The van der Waals surface area contributed by atoms with E-state index in [1.807, 2.05) is 0 Å². The van der Waals surface area contributed by atoms with Crippen LogP contribution in [0.3, 0.4) is 0 Å². The van der Waals surface area contributed by atoms with E-state index in [2.05, 4.69) is 15.9 Å². The summed E-state index contributed by atoms with van der Waals surface area (Å²) in [6.45, 7) is -1.86. The van der Waals surface area contributed by atoms with Gasteiger partial charge in [0, 0.05) is 11.8 Å². The molecule has 152 valence electrons. The molecule has 0 bridgehead atoms. The molecular weight excluding hydrogens is 446 g/mol. The first kappa shape index (κ1) is 20.8. The van der Waals surface area contributed by atoms with Crippen molar-refractivity contribution in [3.8, 4) is 0 Å². The number of nitrogens with zero attached hydrogens (tertiary/aromatic N) is 2. The van der Waals surface area contributed by atoms with Crippen LogP contribution < -0.4 is 11.2 Å². The van der Waals surface area contributed by atoms with Crippen molar-refractivity contribution in [2.45, 2.75) is 37.0 Å². The van der Waals surface area contributed by atoms with E-state index in [9.17, 15) is 33.7 Å². The minimum atomic E-state index is -3.52. The Morgan fingerprint density at radius 1 is 1.14 bits per heavy atom. The number of alkyl halides is 2. The van der Waals surface area contributed by atoms with Gasteiger partial charge in [-0.15, -0.1) is 0 Å². The van der Waals surface area contributed by atoms with Crippen molar-refractivity contribution in [1.29, 1.82) is 0 Å². The fourth-order valence-electron chi connectivity index (χ4n) is 2.99. The second kappa shape index (κ2) is 7.84. The summed E-state index contributed by atoms with van der Waals surface area (Å²) >= 11 is 2.92. The van der Waals surface area contributed by atoms with E-state index in [0.29, 0.717) is 4.57 Å². The lowest BCUT2D eigenvalue weighted by atomic mass is 10.1. The van der Waals surface area contributed by atoms with Crippen molar-refractivity contribution in [3.05, 3.63) is 67.4 Å². The standard InChI is InChI=1S/C17H17BrF2N2O6/c18-10-6-21(15-13(25)12(24)11(7-23)28-15)16(27)22(14(10)26)8-17(19,20)9-4-2-1-3-5-9/h1-6,11-13,15,23-25H,7-8H2/t11-,12+,13+,15-/m1/s1. The molecule has 11 heteroatoms. The molecule has 2 heterocycles. The molecule has 2 aromatic rings. The van der Waals surface area contributed by atoms with Gasteiger partial charge >= 0.3 is 5.69 Å². The highest BCUT2D eigenvalue weighted by atomic mass is 79.9. The molecule has 1 aromatic heterocycles. The van der Waals surface area contributed by atoms with Crippen molar-refractivity contribution >= 4 is 15.9 Å². The molecule has 3 N–H and O–H groups in total. The minimum absolute atomic E-state index is 0.214. The van der Waals surface area contributed by atoms with E-state index in [4.69, 9.17) is 4.74 Å². The summed E-state index contributed by atoms with van der Waals surface area (Å²) in [6, 6.07) is 6.72. The maximum absolute atomic E-state index is 14.6. The van der Waals surface area contributed by atoms with Gasteiger partial charge < -0.3 is 20.1 Å². The number of aliphatic hydroxyl groups is 3. The first-order chi connectivity index (χ1) is 13.2. The van der Waals surface area contributed by atoms with E-state index < -0.39 is 54.9 Å². The number of aliphatic hydroxyl groups excluding tert-OH is 3. The summed E-state index contributed by atoms with van der Waals surface area (Å²) in [6.07, 6.45) is -4.75. The Hall–Kier alpha value is -1.92. The molecule has 0 saturated carbocycles. The summed E-state index contributed by atoms with van der Waals surface area (Å²) in [5, 5.41) is 29.1. The van der Waals surface area contributed by atoms with Crippen molar-refractivity contribution in [3.63, 3.8) is 0 Å². The molecule has 8 nitrogen and oxygen atoms in total. The van der Waals surface area contributed by atoms with Crippen LogP contribution in [0, 0.1) is 0 Å². The lowest BCUT2D eigenvalue weighted by Crippen LogP contribution is -2.46. The Kier molecular flexibility index (Phi) is 5.82. The molecule has 1 saturated heterocycles. The Labute approximate surface area is 165 Å². The van der Waals surface area contributed by atoms with E-state index in [-0.39, 0.29) is 10.0 Å². The number of hydrogen-bond donors (Lipinski definition) is 3. The van der Waals surface area contributed by atoms with Crippen LogP contribution in [0.4, 0.5) is 8.78 Å². The van der Waals surface area contributed by atoms with E-state index in [0.717, 1.165) is 10.8 Å². The maximum atomic E-state index is 14.6. The van der Waals surface area contributed by atoms with Gasteiger partial charge in [0.05, 0.1) is 17.6 Å². The molecule has 4 atom stereocenters. The fraction of sp³-hybridized carbons (Fsp3) is 0.412. The first-order valence-corrected chi connectivity index (χ1v) is 9.04. The summed E-state index contributed by atoms with van der Waals surface area (Å²) in [5.74, 6) is -3.52. The van der Waals surface area contributed by atoms with Gasteiger partial charge in [0.15, 0.2) is 6.23 Å². The highest BCUT2D eigenvalue weighted by Crippen LogP contribution is 2.30. The maximum Gasteiger partial charge on any atom is 0.333 e. The third-order valence-electron chi connectivity index (χ3n) is 4.50. The summed E-state index contributed by atoms with van der Waals surface area (Å²) in [5.41, 5.74) is -2.51. The predicted octanol–water partition coefficient (Wildman–Crippen LogP) is 0.176. The Morgan fingerprint density at radius 3 is 2.36 bits per heavy atom. The molecule has 1 fully saturated rings. The fourth-order valence-corrected chi connectivity index (χ4v) is 3.43. The number of aromatic nitrogens is 2. The largest absolute Gasteiger partial charge is 0.394 e. The normalized spacial score (nSPS) is 25.2. The summed E-state index contributed by atoms with van der Waals surface area (Å²) in [4.78, 5) is 25.0. The van der Waals surface area contributed by atoms with Crippen LogP contribution in [0.15, 0.2) is 50.6 Å². The zero-order valence-corrected chi connectivity index (χ0v) is 15.9. The Bertz CT molecular complexity index is 964. The average Bonchev–Trinajstić information content (AvgIpc) is 2.97. The molecular formula is C17H17BrF2N2O6. The molecule has 1 aliphatic heterocycles. The second-order valence-corrected chi connectivity index (χ2v) is 7.21. The third-order valence-corrected chi connectivity index (χ3v) is 5.04. The van der Waals surface area contributed by atoms with Crippen molar-refractivity contribution in [2.75, 3.05) is 6.61 Å². The first-order valence-electron chi connectivity index (χ1n) is 8.24. The van der Waals surface area contributed by atoms with E-state index >= 15 is 0 Å². The molecule has 28 heavy (non-hydrogen) atoms. The van der Waals surface area contributed by atoms with Gasteiger partial charge in [0.1, 0.15) is 18.3 Å². The lowest BCUT2D eigenvalue weighted by molar-refractivity contribution is -0.0578. The number of hydrogen-bond acceptors (Lipinski definition) is 6. The molecule has 0 amide bonds. The van der Waals surface area contributed by atoms with Crippen molar-refractivity contribution in [1.82, 2.24) is 9.13 Å². The topological polar surface area (TPSA) is 114 Å². The molecule has 0 unspecified atom stereocenters. The van der Waals surface area contributed by atoms with Gasteiger partial charge in [0.2, 0.25) is 0 Å². The zero-order valence-electron chi connectivity index (χ0n) is 14.3. The minimum Gasteiger partial charge on any atom is -0.394 e. The van der Waals surface area contributed by atoms with Crippen LogP contribution in [0.1, 0.15) is 11.8 Å². The van der Waals surface area contributed by atoms with Gasteiger partial charge in [-0.3, -0.25) is 13.9 Å². The van der Waals surface area contributed by atoms with Gasteiger partial charge in [-0.25, -0.2) is 4.79 Å². The predicted molar refractivity (Wildman–Crippen MR) is 96.0 cm³/mol. The Morgan fingerprint density at radius 2 is 1.79 bits per heavy atom.